The number of amides is 1. The van der Waals surface area contributed by atoms with E-state index in [9.17, 15) is 9.59 Å². The van der Waals surface area contributed by atoms with Crippen LogP contribution in [-0.2, 0) is 0 Å². The molecule has 1 amide bonds. The van der Waals surface area contributed by atoms with Crippen LogP contribution in [0.15, 0.2) is 51.7 Å². The number of carbonyl (C=O) groups excluding carboxylic acids is 1. The third kappa shape index (κ3) is 3.44. The number of ether oxygens (including phenoxy) is 2. The lowest BCUT2D eigenvalue weighted by Gasteiger charge is -2.34. The van der Waals surface area contributed by atoms with E-state index in [4.69, 9.17) is 18.9 Å². The Balaban J connectivity index is 1.35. The maximum absolute atomic E-state index is 13.0. The number of hydrogen-bond donors (Lipinski definition) is 0. The van der Waals surface area contributed by atoms with Crippen molar-refractivity contribution in [2.45, 2.75) is 0 Å². The fourth-order valence-corrected chi connectivity index (χ4v) is 4.93. The molecule has 0 bridgehead atoms. The van der Waals surface area contributed by atoms with Gasteiger partial charge in [0.15, 0.2) is 16.6 Å². The van der Waals surface area contributed by atoms with Crippen LogP contribution in [0.5, 0.6) is 11.5 Å². The van der Waals surface area contributed by atoms with E-state index in [0.717, 1.165) is 20.7 Å². The largest absolute Gasteiger partial charge is 0.493 e. The molecular weight excluding hydrogens is 430 g/mol. The van der Waals surface area contributed by atoms with Crippen LogP contribution in [0.25, 0.3) is 21.2 Å². The number of carbonyl (C=O) groups is 1. The zero-order chi connectivity index (χ0) is 22.2. The molecule has 1 aliphatic rings. The second-order valence-electron chi connectivity index (χ2n) is 7.41. The lowest BCUT2D eigenvalue weighted by atomic mass is 10.1. The molecule has 8 nitrogen and oxygen atoms in total. The Morgan fingerprint density at radius 1 is 1.06 bits per heavy atom. The number of anilines is 1. The molecule has 2 aromatic carbocycles. The van der Waals surface area contributed by atoms with Gasteiger partial charge in [-0.3, -0.25) is 4.79 Å². The molecule has 0 saturated carbocycles. The van der Waals surface area contributed by atoms with Crippen LogP contribution in [0.3, 0.4) is 0 Å². The highest BCUT2D eigenvalue weighted by Crippen LogP contribution is 2.40. The van der Waals surface area contributed by atoms with Crippen molar-refractivity contribution in [3.63, 3.8) is 0 Å². The van der Waals surface area contributed by atoms with Crippen LogP contribution in [0, 0.1) is 0 Å². The van der Waals surface area contributed by atoms with Crippen molar-refractivity contribution >= 4 is 43.6 Å². The number of hydrogen-bond acceptors (Lipinski definition) is 8. The van der Waals surface area contributed by atoms with Gasteiger partial charge in [-0.05, 0) is 24.3 Å². The summed E-state index contributed by atoms with van der Waals surface area (Å²) < 4.78 is 17.2. The first-order valence-electron chi connectivity index (χ1n) is 10.2. The van der Waals surface area contributed by atoms with Crippen LogP contribution in [0.4, 0.5) is 5.13 Å². The fourth-order valence-electron chi connectivity index (χ4n) is 3.92. The zero-order valence-corrected chi connectivity index (χ0v) is 18.5. The van der Waals surface area contributed by atoms with Gasteiger partial charge in [-0.1, -0.05) is 29.5 Å². The van der Waals surface area contributed by atoms with Crippen LogP contribution < -0.4 is 20.0 Å². The summed E-state index contributed by atoms with van der Waals surface area (Å²) >= 11 is 1.57. The van der Waals surface area contributed by atoms with Crippen LogP contribution in [-0.4, -0.2) is 56.2 Å². The Hall–Kier alpha value is -3.59. The molecule has 1 aliphatic heterocycles. The lowest BCUT2D eigenvalue weighted by Crippen LogP contribution is -2.49. The smallest absolute Gasteiger partial charge is 0.349 e. The Morgan fingerprint density at radius 3 is 2.59 bits per heavy atom. The number of benzene rings is 2. The molecule has 3 heterocycles. The zero-order valence-electron chi connectivity index (χ0n) is 17.7. The van der Waals surface area contributed by atoms with Gasteiger partial charge in [-0.15, -0.1) is 0 Å². The van der Waals surface area contributed by atoms with Gasteiger partial charge < -0.3 is 23.7 Å². The Kier molecular flexibility index (Phi) is 5.18. The summed E-state index contributed by atoms with van der Waals surface area (Å²) in [5.74, 6) is 0.950. The Bertz CT molecular complexity index is 1370. The number of aromatic nitrogens is 1. The van der Waals surface area contributed by atoms with Crippen LogP contribution in [0.1, 0.15) is 10.4 Å². The Morgan fingerprint density at radius 2 is 1.84 bits per heavy atom. The molecule has 9 heteroatoms. The van der Waals surface area contributed by atoms with E-state index < -0.39 is 5.63 Å². The van der Waals surface area contributed by atoms with Crippen molar-refractivity contribution in [1.29, 1.82) is 0 Å². The third-order valence-electron chi connectivity index (χ3n) is 5.60. The predicted octanol–water partition coefficient (Wildman–Crippen LogP) is 3.38. The average molecular weight is 452 g/mol. The van der Waals surface area contributed by atoms with Gasteiger partial charge in [0.25, 0.3) is 5.91 Å². The molecule has 2 aromatic heterocycles. The summed E-state index contributed by atoms with van der Waals surface area (Å²) in [6.45, 7) is 2.21. The van der Waals surface area contributed by atoms with Crippen molar-refractivity contribution in [2.75, 3.05) is 45.3 Å². The van der Waals surface area contributed by atoms with Crippen molar-refractivity contribution < 1.29 is 18.7 Å². The number of nitrogens with zero attached hydrogens (tertiary/aromatic N) is 3. The monoisotopic (exact) mass is 451 g/mol. The van der Waals surface area contributed by atoms with E-state index in [-0.39, 0.29) is 11.5 Å². The lowest BCUT2D eigenvalue weighted by molar-refractivity contribution is 0.0742. The number of piperazine rings is 1. The van der Waals surface area contributed by atoms with Gasteiger partial charge in [0.05, 0.1) is 18.9 Å². The van der Waals surface area contributed by atoms with Gasteiger partial charge >= 0.3 is 5.63 Å². The maximum atomic E-state index is 13.0. The van der Waals surface area contributed by atoms with E-state index in [1.54, 1.807) is 48.7 Å². The molecule has 0 aliphatic carbocycles. The summed E-state index contributed by atoms with van der Waals surface area (Å²) in [7, 11) is 3.20. The van der Waals surface area contributed by atoms with Crippen LogP contribution >= 0.6 is 11.3 Å². The molecule has 1 fully saturated rings. The molecule has 0 radical (unpaired) electrons. The first-order chi connectivity index (χ1) is 15.6. The van der Waals surface area contributed by atoms with Crippen molar-refractivity contribution in [2.24, 2.45) is 0 Å². The maximum Gasteiger partial charge on any atom is 0.349 e. The molecule has 164 valence electrons. The van der Waals surface area contributed by atoms with Gasteiger partial charge in [0.1, 0.15) is 16.7 Å². The fraction of sp³-hybridized carbons (Fsp3) is 0.261. The number of methoxy groups -OCH3 is 2. The molecule has 0 atom stereocenters. The van der Waals surface area contributed by atoms with Gasteiger partial charge in [0.2, 0.25) is 0 Å². The number of rotatable bonds is 4. The highest BCUT2D eigenvalue weighted by Gasteiger charge is 2.27. The summed E-state index contributed by atoms with van der Waals surface area (Å²) in [5.41, 5.74) is 0.693. The van der Waals surface area contributed by atoms with E-state index in [1.165, 1.54) is 0 Å². The van der Waals surface area contributed by atoms with Crippen molar-refractivity contribution in [3.8, 4) is 11.5 Å². The molecule has 0 N–H and O–H groups in total. The number of fused-ring (bicyclic) bond motifs is 2. The Labute approximate surface area is 187 Å². The minimum Gasteiger partial charge on any atom is -0.493 e. The molecule has 4 aromatic rings. The minimum atomic E-state index is -0.608. The molecule has 0 unspecified atom stereocenters. The van der Waals surface area contributed by atoms with E-state index in [2.05, 4.69) is 4.90 Å². The highest BCUT2D eigenvalue weighted by atomic mass is 32.1. The summed E-state index contributed by atoms with van der Waals surface area (Å²) in [5, 5.41) is 1.59. The predicted molar refractivity (Wildman–Crippen MR) is 123 cm³/mol. The second kappa shape index (κ2) is 8.16. The van der Waals surface area contributed by atoms with E-state index in [1.807, 2.05) is 24.3 Å². The number of para-hydroxylation sites is 1. The first kappa shape index (κ1) is 20.3. The molecule has 5 rings (SSSR count). The van der Waals surface area contributed by atoms with E-state index in [0.29, 0.717) is 43.3 Å². The average Bonchev–Trinajstić information content (AvgIpc) is 3.27. The second-order valence-corrected chi connectivity index (χ2v) is 8.42. The van der Waals surface area contributed by atoms with Crippen molar-refractivity contribution in [1.82, 2.24) is 9.88 Å². The SMILES string of the molecule is COc1ccc2sc(N3CCN(C(=O)c4cc5ccccc5oc4=O)CC3)nc2c1OC. The van der Waals surface area contributed by atoms with Crippen LogP contribution in [0.2, 0.25) is 0 Å². The molecule has 32 heavy (non-hydrogen) atoms. The quantitative estimate of drug-likeness (QED) is 0.440. The normalized spacial score (nSPS) is 14.2. The standard InChI is InChI=1S/C23H21N3O5S/c1-29-17-7-8-18-19(20(17)30-2)24-23(32-18)26-11-9-25(10-12-26)21(27)15-13-14-5-3-4-6-16(14)31-22(15)28/h3-8,13H,9-12H2,1-2H3. The summed E-state index contributed by atoms with van der Waals surface area (Å²) in [6, 6.07) is 12.6. The van der Waals surface area contributed by atoms with Gasteiger partial charge in [0, 0.05) is 31.6 Å². The molecular formula is C23H21N3O5S. The molecule has 1 saturated heterocycles. The highest BCUT2D eigenvalue weighted by molar-refractivity contribution is 7.22. The summed E-state index contributed by atoms with van der Waals surface area (Å²) in [6.07, 6.45) is 0. The van der Waals surface area contributed by atoms with Crippen molar-refractivity contribution in [3.05, 3.63) is 58.4 Å². The summed E-state index contributed by atoms with van der Waals surface area (Å²) in [4.78, 5) is 34.0. The topological polar surface area (TPSA) is 85.1 Å². The minimum absolute atomic E-state index is 0.0639. The van der Waals surface area contributed by atoms with E-state index >= 15 is 0 Å². The van der Waals surface area contributed by atoms with Gasteiger partial charge in [-0.25, -0.2) is 9.78 Å². The third-order valence-corrected chi connectivity index (χ3v) is 6.68. The number of thiazole rings is 1. The first-order valence-corrected chi connectivity index (χ1v) is 11.0. The molecule has 0 spiro atoms. The van der Waals surface area contributed by atoms with Gasteiger partial charge in [-0.2, -0.15) is 0 Å².